The van der Waals surface area contributed by atoms with Crippen molar-refractivity contribution in [2.24, 2.45) is 16.3 Å². The van der Waals surface area contributed by atoms with Crippen LogP contribution in [0.4, 0.5) is 0 Å². The second-order valence-corrected chi connectivity index (χ2v) is 5.29. The van der Waals surface area contributed by atoms with Gasteiger partial charge in [0, 0.05) is 12.6 Å². The molecule has 2 aliphatic rings. The molecule has 4 N–H and O–H groups in total. The maximum absolute atomic E-state index is 5.47. The Morgan fingerprint density at radius 1 is 1.38 bits per heavy atom. The van der Waals surface area contributed by atoms with E-state index >= 15 is 0 Å². The van der Waals surface area contributed by atoms with E-state index in [2.05, 4.69) is 22.7 Å². The Kier molecular flexibility index (Phi) is 3.69. The maximum atomic E-state index is 5.47. The van der Waals surface area contributed by atoms with Gasteiger partial charge in [0.15, 0.2) is 0 Å². The normalized spacial score (nSPS) is 24.5. The minimum absolute atomic E-state index is 0.452. The van der Waals surface area contributed by atoms with Crippen LogP contribution in [0.3, 0.4) is 0 Å². The Labute approximate surface area is 98.0 Å². The highest BCUT2D eigenvalue weighted by Gasteiger charge is 2.32. The Bertz CT molecular complexity index is 252. The average Bonchev–Trinajstić information content (AvgIpc) is 3.01. The maximum Gasteiger partial charge on any atom is 0.205 e. The van der Waals surface area contributed by atoms with Crippen LogP contribution in [0, 0.1) is 5.41 Å². The van der Waals surface area contributed by atoms with Crippen LogP contribution in [0.2, 0.25) is 0 Å². The van der Waals surface area contributed by atoms with E-state index in [0.29, 0.717) is 11.5 Å². The summed E-state index contributed by atoms with van der Waals surface area (Å²) in [6.45, 7) is 3.20. The Balaban J connectivity index is 1.88. The van der Waals surface area contributed by atoms with Gasteiger partial charge in [-0.2, -0.15) is 0 Å². The number of hydrazine groups is 1. The fourth-order valence-electron chi connectivity index (χ4n) is 2.55. The van der Waals surface area contributed by atoms with Gasteiger partial charge in [-0.15, -0.1) is 0 Å². The summed E-state index contributed by atoms with van der Waals surface area (Å²) in [5.74, 6) is 6.25. The number of rotatable bonds is 4. The lowest BCUT2D eigenvalue weighted by atomic mass is 9.84. The molecule has 0 spiro atoms. The van der Waals surface area contributed by atoms with Crippen molar-refractivity contribution in [1.29, 1.82) is 0 Å². The van der Waals surface area contributed by atoms with Gasteiger partial charge >= 0.3 is 0 Å². The van der Waals surface area contributed by atoms with Crippen molar-refractivity contribution in [3.8, 4) is 0 Å². The van der Waals surface area contributed by atoms with Crippen LogP contribution in [-0.4, -0.2) is 18.5 Å². The van der Waals surface area contributed by atoms with Crippen molar-refractivity contribution in [2.45, 2.75) is 57.9 Å². The predicted molar refractivity (Wildman–Crippen MR) is 67.0 cm³/mol. The molecule has 0 heterocycles. The first kappa shape index (κ1) is 11.7. The van der Waals surface area contributed by atoms with Gasteiger partial charge in [-0.25, -0.2) is 5.84 Å². The topological polar surface area (TPSA) is 62.4 Å². The zero-order chi connectivity index (χ0) is 11.4. The highest BCUT2D eigenvalue weighted by Crippen LogP contribution is 2.41. The molecule has 0 aromatic rings. The van der Waals surface area contributed by atoms with E-state index in [4.69, 9.17) is 5.84 Å². The summed E-state index contributed by atoms with van der Waals surface area (Å²) in [5.41, 5.74) is 3.13. The molecule has 0 radical (unpaired) electrons. The van der Waals surface area contributed by atoms with Gasteiger partial charge < -0.3 is 5.32 Å². The predicted octanol–water partition coefficient (Wildman–Crippen LogP) is 1.53. The highest BCUT2D eigenvalue weighted by molar-refractivity contribution is 5.79. The van der Waals surface area contributed by atoms with E-state index in [-0.39, 0.29) is 0 Å². The minimum atomic E-state index is 0.452. The van der Waals surface area contributed by atoms with Gasteiger partial charge in [0.1, 0.15) is 0 Å². The van der Waals surface area contributed by atoms with Gasteiger partial charge in [-0.05, 0) is 37.5 Å². The monoisotopic (exact) mass is 224 g/mol. The third-order valence-electron chi connectivity index (χ3n) is 4.04. The van der Waals surface area contributed by atoms with E-state index in [1.807, 2.05) is 0 Å². The van der Waals surface area contributed by atoms with Crippen LogP contribution >= 0.6 is 0 Å². The summed E-state index contributed by atoms with van der Waals surface area (Å²) in [6, 6.07) is 0.607. The number of nitrogens with two attached hydrogens (primary N) is 1. The summed E-state index contributed by atoms with van der Waals surface area (Å²) in [4.78, 5) is 4.62. The summed E-state index contributed by atoms with van der Waals surface area (Å²) in [5, 5.41) is 3.32. The molecule has 92 valence electrons. The quantitative estimate of drug-likeness (QED) is 0.294. The van der Waals surface area contributed by atoms with Gasteiger partial charge in [-0.1, -0.05) is 19.8 Å². The fourth-order valence-corrected chi connectivity index (χ4v) is 2.55. The molecule has 4 heteroatoms. The van der Waals surface area contributed by atoms with Crippen molar-refractivity contribution in [2.75, 3.05) is 6.54 Å². The van der Waals surface area contributed by atoms with Crippen molar-refractivity contribution >= 4 is 5.96 Å². The molecule has 0 atom stereocenters. The lowest BCUT2D eigenvalue weighted by Gasteiger charge is -2.25. The summed E-state index contributed by atoms with van der Waals surface area (Å²) >= 11 is 0. The second kappa shape index (κ2) is 5.04. The first-order valence-electron chi connectivity index (χ1n) is 6.56. The molecule has 2 rings (SSSR count). The third kappa shape index (κ3) is 2.88. The van der Waals surface area contributed by atoms with E-state index in [1.165, 1.54) is 44.9 Å². The van der Waals surface area contributed by atoms with Gasteiger partial charge in [0.2, 0.25) is 5.96 Å². The second-order valence-electron chi connectivity index (χ2n) is 5.29. The molecule has 0 bridgehead atoms. The number of nitrogens with one attached hydrogen (secondary N) is 2. The molecule has 0 unspecified atom stereocenters. The molecule has 2 saturated carbocycles. The van der Waals surface area contributed by atoms with Crippen molar-refractivity contribution in [3.63, 3.8) is 0 Å². The van der Waals surface area contributed by atoms with Crippen molar-refractivity contribution in [3.05, 3.63) is 0 Å². The molecule has 0 saturated heterocycles. The zero-order valence-corrected chi connectivity index (χ0v) is 10.3. The molecule has 2 aliphatic carbocycles. The molecule has 0 amide bonds. The van der Waals surface area contributed by atoms with Crippen LogP contribution in [0.15, 0.2) is 4.99 Å². The molecule has 4 nitrogen and oxygen atoms in total. The largest absolute Gasteiger partial charge is 0.353 e. The van der Waals surface area contributed by atoms with Crippen molar-refractivity contribution < 1.29 is 0 Å². The third-order valence-corrected chi connectivity index (χ3v) is 4.04. The van der Waals surface area contributed by atoms with Gasteiger partial charge in [0.05, 0.1) is 0 Å². The van der Waals surface area contributed by atoms with E-state index in [9.17, 15) is 0 Å². The van der Waals surface area contributed by atoms with Crippen LogP contribution in [0.5, 0.6) is 0 Å². The first-order chi connectivity index (χ1) is 7.78. The number of nitrogens with zero attached hydrogens (tertiary/aromatic N) is 1. The molecule has 0 aromatic carbocycles. The number of guanidine groups is 1. The lowest BCUT2D eigenvalue weighted by Crippen LogP contribution is -2.43. The van der Waals surface area contributed by atoms with Crippen molar-refractivity contribution in [1.82, 2.24) is 10.7 Å². The SMILES string of the molecule is CCC1(CN=C(NN)NC2CC2)CCCC1. The van der Waals surface area contributed by atoms with E-state index in [1.54, 1.807) is 0 Å². The van der Waals surface area contributed by atoms with E-state index in [0.717, 1.165) is 12.5 Å². The van der Waals surface area contributed by atoms with E-state index < -0.39 is 0 Å². The summed E-state index contributed by atoms with van der Waals surface area (Å²) < 4.78 is 0. The fraction of sp³-hybridized carbons (Fsp3) is 0.917. The van der Waals surface area contributed by atoms with Crippen LogP contribution in [0.25, 0.3) is 0 Å². The van der Waals surface area contributed by atoms with Crippen LogP contribution in [-0.2, 0) is 0 Å². The Hall–Kier alpha value is -0.770. The first-order valence-corrected chi connectivity index (χ1v) is 6.56. The molecule has 0 aromatic heterocycles. The van der Waals surface area contributed by atoms with Gasteiger partial charge in [0.25, 0.3) is 0 Å². The standard InChI is InChI=1S/C12H24N4/c1-2-12(7-3-4-8-12)9-14-11(16-13)15-10-5-6-10/h10H,2-9,13H2,1H3,(H2,14,15,16). The average molecular weight is 224 g/mol. The molecular weight excluding hydrogens is 200 g/mol. The lowest BCUT2D eigenvalue weighted by molar-refractivity contribution is 0.297. The number of aliphatic imine (C=N–C) groups is 1. The Morgan fingerprint density at radius 2 is 2.06 bits per heavy atom. The molecule has 16 heavy (non-hydrogen) atoms. The number of hydrogen-bond donors (Lipinski definition) is 3. The Morgan fingerprint density at radius 3 is 2.56 bits per heavy atom. The smallest absolute Gasteiger partial charge is 0.205 e. The minimum Gasteiger partial charge on any atom is -0.353 e. The molecule has 0 aliphatic heterocycles. The number of hydrogen-bond acceptors (Lipinski definition) is 2. The molecule has 2 fully saturated rings. The van der Waals surface area contributed by atoms with Gasteiger partial charge in [-0.3, -0.25) is 10.4 Å². The zero-order valence-electron chi connectivity index (χ0n) is 10.3. The summed E-state index contributed by atoms with van der Waals surface area (Å²) in [6.07, 6.45) is 9.12. The van der Waals surface area contributed by atoms with Crippen LogP contribution in [0.1, 0.15) is 51.9 Å². The van der Waals surface area contributed by atoms with Crippen LogP contribution < -0.4 is 16.6 Å². The summed E-state index contributed by atoms with van der Waals surface area (Å²) in [7, 11) is 0. The highest BCUT2D eigenvalue weighted by atomic mass is 15.3. The molecular formula is C12H24N4.